The number of piperazine rings is 1. The maximum atomic E-state index is 13.2. The second-order valence-corrected chi connectivity index (χ2v) is 11.1. The van der Waals surface area contributed by atoms with E-state index in [4.69, 9.17) is 23.2 Å². The molecule has 3 amide bonds. The molecule has 2 fully saturated rings. The third-order valence-corrected chi connectivity index (χ3v) is 7.91. The predicted molar refractivity (Wildman–Crippen MR) is 152 cm³/mol. The fourth-order valence-corrected chi connectivity index (χ4v) is 5.68. The Labute approximate surface area is 235 Å². The van der Waals surface area contributed by atoms with Gasteiger partial charge in [-0.05, 0) is 70.9 Å². The van der Waals surface area contributed by atoms with Gasteiger partial charge in [-0.15, -0.1) is 0 Å². The number of benzene rings is 3. The minimum atomic E-state index is -0.353. The molecule has 6 nitrogen and oxygen atoms in total. The van der Waals surface area contributed by atoms with Gasteiger partial charge in [0.25, 0.3) is 17.1 Å². The van der Waals surface area contributed by atoms with Crippen molar-refractivity contribution in [2.24, 2.45) is 0 Å². The summed E-state index contributed by atoms with van der Waals surface area (Å²) in [6, 6.07) is 22.1. The lowest BCUT2D eigenvalue weighted by atomic mass is 10.1. The molecule has 0 aliphatic carbocycles. The third kappa shape index (κ3) is 6.30. The number of imide groups is 1. The van der Waals surface area contributed by atoms with Gasteiger partial charge >= 0.3 is 0 Å². The number of carbonyl (C=O) groups is 3. The van der Waals surface area contributed by atoms with Crippen LogP contribution in [0.3, 0.4) is 0 Å². The first kappa shape index (κ1) is 26.5. The molecule has 2 aliphatic rings. The Hall–Kier alpha value is -3.10. The van der Waals surface area contributed by atoms with Gasteiger partial charge in [-0.1, -0.05) is 59.6 Å². The van der Waals surface area contributed by atoms with Crippen LogP contribution in [0, 0.1) is 0 Å². The van der Waals surface area contributed by atoms with Crippen LogP contribution in [0.25, 0.3) is 6.08 Å². The van der Waals surface area contributed by atoms with E-state index in [0.29, 0.717) is 34.1 Å². The quantitative estimate of drug-likeness (QED) is 0.333. The summed E-state index contributed by atoms with van der Waals surface area (Å²) in [5, 5.41) is 0.943. The van der Waals surface area contributed by atoms with Gasteiger partial charge in [-0.25, -0.2) is 0 Å². The van der Waals surface area contributed by atoms with Crippen molar-refractivity contribution in [3.63, 3.8) is 0 Å². The molecule has 0 spiro atoms. The van der Waals surface area contributed by atoms with Crippen LogP contribution in [0.5, 0.6) is 0 Å². The molecule has 0 aromatic heterocycles. The molecular weight excluding hydrogens is 541 g/mol. The SMILES string of the molecule is O=C(c1cccc(C=C2SC(=O)N(Cc3cccc(Cl)c3)C2=O)c1)N1CCN(Cc2ccc(Cl)cc2)CC1. The molecule has 0 atom stereocenters. The molecule has 0 saturated carbocycles. The summed E-state index contributed by atoms with van der Waals surface area (Å²) in [5.41, 5.74) is 3.23. The number of thioether (sulfide) groups is 1. The van der Waals surface area contributed by atoms with Crippen molar-refractivity contribution in [1.82, 2.24) is 14.7 Å². The van der Waals surface area contributed by atoms with Gasteiger partial charge in [-0.3, -0.25) is 24.2 Å². The van der Waals surface area contributed by atoms with E-state index in [1.54, 1.807) is 42.5 Å². The molecule has 5 rings (SSSR count). The summed E-state index contributed by atoms with van der Waals surface area (Å²) in [6.07, 6.45) is 1.67. The van der Waals surface area contributed by atoms with Crippen molar-refractivity contribution < 1.29 is 14.4 Å². The number of carbonyl (C=O) groups excluding carboxylic acids is 3. The van der Waals surface area contributed by atoms with E-state index < -0.39 is 0 Å². The molecule has 2 heterocycles. The fraction of sp³-hybridized carbons (Fsp3) is 0.207. The summed E-state index contributed by atoms with van der Waals surface area (Å²) < 4.78 is 0. The van der Waals surface area contributed by atoms with Crippen LogP contribution >= 0.6 is 35.0 Å². The van der Waals surface area contributed by atoms with Gasteiger partial charge in [-0.2, -0.15) is 0 Å². The first-order chi connectivity index (χ1) is 18.4. The van der Waals surface area contributed by atoms with Gasteiger partial charge in [0.15, 0.2) is 0 Å². The number of rotatable bonds is 6. The maximum absolute atomic E-state index is 13.2. The smallest absolute Gasteiger partial charge is 0.293 e. The molecule has 9 heteroatoms. The maximum Gasteiger partial charge on any atom is 0.293 e. The van der Waals surface area contributed by atoms with Crippen molar-refractivity contribution in [2.45, 2.75) is 13.1 Å². The topological polar surface area (TPSA) is 60.9 Å². The number of amides is 3. The highest BCUT2D eigenvalue weighted by Crippen LogP contribution is 2.33. The third-order valence-electron chi connectivity index (χ3n) is 6.51. The Balaban J connectivity index is 1.21. The van der Waals surface area contributed by atoms with Crippen LogP contribution in [0.4, 0.5) is 4.79 Å². The van der Waals surface area contributed by atoms with Crippen LogP contribution < -0.4 is 0 Å². The van der Waals surface area contributed by atoms with Gasteiger partial charge < -0.3 is 4.90 Å². The molecule has 3 aromatic rings. The van der Waals surface area contributed by atoms with E-state index in [-0.39, 0.29) is 23.6 Å². The summed E-state index contributed by atoms with van der Waals surface area (Å²) in [7, 11) is 0. The van der Waals surface area contributed by atoms with Crippen LogP contribution in [0.15, 0.2) is 77.7 Å². The number of hydrogen-bond acceptors (Lipinski definition) is 5. The van der Waals surface area contributed by atoms with Crippen LogP contribution in [0.2, 0.25) is 10.0 Å². The van der Waals surface area contributed by atoms with E-state index in [2.05, 4.69) is 4.90 Å². The van der Waals surface area contributed by atoms with E-state index in [0.717, 1.165) is 42.0 Å². The Kier molecular flexibility index (Phi) is 8.19. The summed E-state index contributed by atoms with van der Waals surface area (Å²) >= 11 is 12.9. The van der Waals surface area contributed by atoms with E-state index in [9.17, 15) is 14.4 Å². The lowest BCUT2D eigenvalue weighted by Gasteiger charge is -2.34. The second kappa shape index (κ2) is 11.7. The zero-order valence-corrected chi connectivity index (χ0v) is 22.8. The van der Waals surface area contributed by atoms with Crippen molar-refractivity contribution in [3.05, 3.63) is 110 Å². The Bertz CT molecular complexity index is 1400. The summed E-state index contributed by atoms with van der Waals surface area (Å²) in [6.45, 7) is 3.83. The van der Waals surface area contributed by atoms with Crippen molar-refractivity contribution in [2.75, 3.05) is 26.2 Å². The number of halogens is 2. The summed E-state index contributed by atoms with van der Waals surface area (Å²) in [5.74, 6) is -0.394. The molecule has 0 radical (unpaired) electrons. The normalized spacial score (nSPS) is 17.5. The highest BCUT2D eigenvalue weighted by atomic mass is 35.5. The van der Waals surface area contributed by atoms with E-state index in [1.807, 2.05) is 41.3 Å². The van der Waals surface area contributed by atoms with Gasteiger partial charge in [0.2, 0.25) is 0 Å². The van der Waals surface area contributed by atoms with Crippen LogP contribution in [-0.4, -0.2) is 57.9 Å². The lowest BCUT2D eigenvalue weighted by molar-refractivity contribution is -0.123. The number of hydrogen-bond donors (Lipinski definition) is 0. The van der Waals surface area contributed by atoms with Crippen molar-refractivity contribution >= 4 is 58.1 Å². The average Bonchev–Trinajstić information content (AvgIpc) is 3.17. The highest BCUT2D eigenvalue weighted by molar-refractivity contribution is 8.18. The molecule has 0 N–H and O–H groups in total. The molecule has 0 bridgehead atoms. The van der Waals surface area contributed by atoms with Crippen LogP contribution in [-0.2, 0) is 17.9 Å². The first-order valence-electron chi connectivity index (χ1n) is 12.2. The Morgan fingerprint density at radius 3 is 2.29 bits per heavy atom. The van der Waals surface area contributed by atoms with Crippen LogP contribution in [0.1, 0.15) is 27.0 Å². The highest BCUT2D eigenvalue weighted by Gasteiger charge is 2.35. The Morgan fingerprint density at radius 2 is 1.55 bits per heavy atom. The minimum Gasteiger partial charge on any atom is -0.336 e. The molecule has 194 valence electrons. The van der Waals surface area contributed by atoms with Gasteiger partial charge in [0.05, 0.1) is 11.4 Å². The average molecular weight is 567 g/mol. The predicted octanol–water partition coefficient (Wildman–Crippen LogP) is 6.19. The molecule has 2 aliphatic heterocycles. The van der Waals surface area contributed by atoms with Gasteiger partial charge in [0.1, 0.15) is 0 Å². The van der Waals surface area contributed by atoms with Gasteiger partial charge in [0, 0.05) is 48.3 Å². The fourth-order valence-electron chi connectivity index (χ4n) is 4.51. The molecular formula is C29H25Cl2N3O3S. The zero-order valence-electron chi connectivity index (χ0n) is 20.5. The monoisotopic (exact) mass is 565 g/mol. The van der Waals surface area contributed by atoms with E-state index in [1.165, 1.54) is 10.5 Å². The molecule has 0 unspecified atom stereocenters. The second-order valence-electron chi connectivity index (χ2n) is 9.22. The molecule has 2 saturated heterocycles. The van der Waals surface area contributed by atoms with Crippen molar-refractivity contribution in [3.8, 4) is 0 Å². The zero-order chi connectivity index (χ0) is 26.6. The largest absolute Gasteiger partial charge is 0.336 e. The Morgan fingerprint density at radius 1 is 0.816 bits per heavy atom. The number of nitrogens with zero attached hydrogens (tertiary/aromatic N) is 3. The van der Waals surface area contributed by atoms with E-state index >= 15 is 0 Å². The minimum absolute atomic E-state index is 0.0412. The molecule has 3 aromatic carbocycles. The van der Waals surface area contributed by atoms with Crippen molar-refractivity contribution in [1.29, 1.82) is 0 Å². The first-order valence-corrected chi connectivity index (χ1v) is 13.8. The summed E-state index contributed by atoms with van der Waals surface area (Å²) in [4.78, 5) is 44.4. The standard InChI is InChI=1S/C29H25Cl2N3O3S/c30-24-9-7-20(8-10-24)18-32-11-13-33(14-12-32)27(35)23-5-1-3-21(15-23)17-26-28(36)34(29(37)38-26)19-22-4-2-6-25(31)16-22/h1-10,15-17H,11-14,18-19H2. The lowest BCUT2D eigenvalue weighted by Crippen LogP contribution is -2.48. The molecule has 38 heavy (non-hydrogen) atoms.